The minimum Gasteiger partial charge on any atom is -0.351 e. The Labute approximate surface area is 177 Å². The highest BCUT2D eigenvalue weighted by atomic mass is 32.2. The van der Waals surface area contributed by atoms with Crippen LogP contribution in [0.4, 0.5) is 5.69 Å². The summed E-state index contributed by atoms with van der Waals surface area (Å²) in [7, 11) is -3.32. The summed E-state index contributed by atoms with van der Waals surface area (Å²) in [5.74, 6) is 0.0509. The van der Waals surface area contributed by atoms with Crippen LogP contribution < -0.4 is 10.0 Å². The number of amides is 1. The number of sulfonamides is 1. The number of rotatable bonds is 7. The quantitative estimate of drug-likeness (QED) is 0.640. The Balaban J connectivity index is 1.77. The molecule has 0 bridgehead atoms. The summed E-state index contributed by atoms with van der Waals surface area (Å²) in [6, 6.07) is 15.5. The van der Waals surface area contributed by atoms with Gasteiger partial charge in [-0.3, -0.25) is 9.52 Å². The van der Waals surface area contributed by atoms with E-state index in [0.29, 0.717) is 12.2 Å². The first-order valence-electron chi connectivity index (χ1n) is 9.82. The summed E-state index contributed by atoms with van der Waals surface area (Å²) in [4.78, 5) is 14.5. The van der Waals surface area contributed by atoms with Crippen molar-refractivity contribution in [1.82, 2.24) is 5.32 Å². The molecule has 0 atom stereocenters. The minimum atomic E-state index is -3.32. The van der Waals surface area contributed by atoms with Crippen LogP contribution in [-0.4, -0.2) is 26.8 Å². The third-order valence-corrected chi connectivity index (χ3v) is 6.84. The molecule has 1 aliphatic rings. The summed E-state index contributed by atoms with van der Waals surface area (Å²) in [6.45, 7) is 0.503. The van der Waals surface area contributed by atoms with Gasteiger partial charge in [0.2, 0.25) is 15.9 Å². The molecule has 2 N–H and O–H groups in total. The standard InChI is InChI=1S/C22H28N2O3S2/c1-28-20-12-6-17(7-13-20)16-23-21(25)22(14-4-3-5-15-22)18-8-10-19(11-9-18)24-29(2,26)27/h6-13,24H,3-5,14-16H2,1-2H3,(H,23,25). The Morgan fingerprint density at radius 3 is 2.17 bits per heavy atom. The van der Waals surface area contributed by atoms with Gasteiger partial charge >= 0.3 is 0 Å². The molecule has 0 saturated heterocycles. The summed E-state index contributed by atoms with van der Waals surface area (Å²) in [5.41, 5.74) is 1.99. The maximum Gasteiger partial charge on any atom is 0.230 e. The molecule has 0 aromatic heterocycles. The van der Waals surface area contributed by atoms with Gasteiger partial charge in [0.25, 0.3) is 0 Å². The van der Waals surface area contributed by atoms with Gasteiger partial charge in [0.05, 0.1) is 11.7 Å². The maximum atomic E-state index is 13.3. The first-order valence-corrected chi connectivity index (χ1v) is 12.9. The fourth-order valence-electron chi connectivity index (χ4n) is 3.97. The van der Waals surface area contributed by atoms with Crippen molar-refractivity contribution < 1.29 is 13.2 Å². The van der Waals surface area contributed by atoms with Crippen LogP contribution in [0.15, 0.2) is 53.4 Å². The fourth-order valence-corrected chi connectivity index (χ4v) is 4.94. The Bertz CT molecular complexity index is 933. The third kappa shape index (κ3) is 5.54. The van der Waals surface area contributed by atoms with Crippen molar-refractivity contribution in [2.24, 2.45) is 0 Å². The molecule has 1 fully saturated rings. The number of hydrogen-bond acceptors (Lipinski definition) is 4. The number of anilines is 1. The lowest BCUT2D eigenvalue weighted by molar-refractivity contribution is -0.128. The molecule has 156 valence electrons. The largest absolute Gasteiger partial charge is 0.351 e. The molecular formula is C22H28N2O3S2. The highest BCUT2D eigenvalue weighted by Gasteiger charge is 2.40. The lowest BCUT2D eigenvalue weighted by Crippen LogP contribution is -2.45. The van der Waals surface area contributed by atoms with Crippen LogP contribution in [0.2, 0.25) is 0 Å². The monoisotopic (exact) mass is 432 g/mol. The van der Waals surface area contributed by atoms with Gasteiger partial charge in [-0.15, -0.1) is 11.8 Å². The number of hydrogen-bond donors (Lipinski definition) is 2. The molecule has 0 unspecified atom stereocenters. The molecule has 0 spiro atoms. The molecule has 2 aromatic carbocycles. The Morgan fingerprint density at radius 1 is 1.00 bits per heavy atom. The van der Waals surface area contributed by atoms with Gasteiger partial charge in [-0.2, -0.15) is 0 Å². The van der Waals surface area contributed by atoms with Crippen LogP contribution in [0.3, 0.4) is 0 Å². The average Bonchev–Trinajstić information content (AvgIpc) is 2.72. The van der Waals surface area contributed by atoms with Gasteiger partial charge in [-0.1, -0.05) is 43.5 Å². The van der Waals surface area contributed by atoms with Crippen molar-refractivity contribution in [3.05, 3.63) is 59.7 Å². The molecule has 0 aliphatic heterocycles. The molecule has 2 aromatic rings. The van der Waals surface area contributed by atoms with Crippen LogP contribution in [-0.2, 0) is 26.8 Å². The third-order valence-electron chi connectivity index (χ3n) is 5.49. The van der Waals surface area contributed by atoms with Crippen molar-refractivity contribution in [2.45, 2.75) is 49.0 Å². The SMILES string of the molecule is CSc1ccc(CNC(=O)C2(c3ccc(NS(C)(=O)=O)cc3)CCCCC2)cc1. The lowest BCUT2D eigenvalue weighted by atomic mass is 9.68. The van der Waals surface area contributed by atoms with Crippen LogP contribution in [0, 0.1) is 0 Å². The van der Waals surface area contributed by atoms with Gasteiger partial charge in [0.15, 0.2) is 0 Å². The smallest absolute Gasteiger partial charge is 0.230 e. The summed E-state index contributed by atoms with van der Waals surface area (Å²) in [6.07, 6.45) is 7.95. The minimum absolute atomic E-state index is 0.0509. The molecule has 29 heavy (non-hydrogen) atoms. The highest BCUT2D eigenvalue weighted by molar-refractivity contribution is 7.98. The van der Waals surface area contributed by atoms with Gasteiger partial charge in [0, 0.05) is 17.1 Å². The van der Waals surface area contributed by atoms with Crippen LogP contribution in [0.1, 0.15) is 43.2 Å². The Morgan fingerprint density at radius 2 is 1.62 bits per heavy atom. The Kier molecular flexibility index (Phi) is 6.90. The number of thioether (sulfide) groups is 1. The fraction of sp³-hybridized carbons (Fsp3) is 0.409. The molecule has 1 aliphatic carbocycles. The Hall–Kier alpha value is -1.99. The second kappa shape index (κ2) is 9.22. The van der Waals surface area contributed by atoms with E-state index in [1.165, 1.54) is 4.90 Å². The molecule has 3 rings (SSSR count). The first-order chi connectivity index (χ1) is 13.8. The van der Waals surface area contributed by atoms with E-state index in [1.807, 2.05) is 30.5 Å². The molecule has 0 radical (unpaired) electrons. The molecule has 1 amide bonds. The second-order valence-electron chi connectivity index (χ2n) is 7.63. The summed E-state index contributed by atoms with van der Waals surface area (Å²) in [5, 5.41) is 3.14. The second-order valence-corrected chi connectivity index (χ2v) is 10.3. The maximum absolute atomic E-state index is 13.3. The molecule has 1 saturated carbocycles. The van der Waals surface area contributed by atoms with E-state index < -0.39 is 15.4 Å². The van der Waals surface area contributed by atoms with Crippen molar-refractivity contribution in [1.29, 1.82) is 0 Å². The lowest BCUT2D eigenvalue weighted by Gasteiger charge is -2.36. The van der Waals surface area contributed by atoms with Crippen LogP contribution >= 0.6 is 11.8 Å². The van der Waals surface area contributed by atoms with Gasteiger partial charge in [0.1, 0.15) is 0 Å². The van der Waals surface area contributed by atoms with Crippen molar-refractivity contribution in [3.63, 3.8) is 0 Å². The molecular weight excluding hydrogens is 404 g/mol. The molecule has 7 heteroatoms. The van der Waals surface area contributed by atoms with E-state index >= 15 is 0 Å². The van der Waals surface area contributed by atoms with E-state index in [9.17, 15) is 13.2 Å². The predicted molar refractivity (Wildman–Crippen MR) is 120 cm³/mol. The number of nitrogens with one attached hydrogen (secondary N) is 2. The number of benzene rings is 2. The number of carbonyl (C=O) groups excluding carboxylic acids is 1. The molecule has 0 heterocycles. The van der Waals surface area contributed by atoms with Crippen molar-refractivity contribution in [2.75, 3.05) is 17.2 Å². The average molecular weight is 433 g/mol. The number of carbonyl (C=O) groups is 1. The van der Waals surface area contributed by atoms with Crippen LogP contribution in [0.25, 0.3) is 0 Å². The van der Waals surface area contributed by atoms with Gasteiger partial charge < -0.3 is 5.32 Å². The van der Waals surface area contributed by atoms with E-state index in [1.54, 1.807) is 23.9 Å². The predicted octanol–water partition coefficient (Wildman–Crippen LogP) is 4.30. The highest BCUT2D eigenvalue weighted by Crippen LogP contribution is 2.40. The summed E-state index contributed by atoms with van der Waals surface area (Å²) >= 11 is 1.70. The van der Waals surface area contributed by atoms with E-state index in [-0.39, 0.29) is 5.91 Å². The normalized spacial score (nSPS) is 16.2. The van der Waals surface area contributed by atoms with Gasteiger partial charge in [-0.25, -0.2) is 8.42 Å². The van der Waals surface area contributed by atoms with Gasteiger partial charge in [-0.05, 0) is 54.5 Å². The zero-order valence-electron chi connectivity index (χ0n) is 16.9. The first kappa shape index (κ1) is 21.7. The van der Waals surface area contributed by atoms with E-state index in [0.717, 1.165) is 49.5 Å². The van der Waals surface area contributed by atoms with Crippen molar-refractivity contribution >= 4 is 33.4 Å². The zero-order valence-corrected chi connectivity index (χ0v) is 18.5. The van der Waals surface area contributed by atoms with Crippen molar-refractivity contribution in [3.8, 4) is 0 Å². The van der Waals surface area contributed by atoms with Crippen LogP contribution in [0.5, 0.6) is 0 Å². The van der Waals surface area contributed by atoms with E-state index in [4.69, 9.17) is 0 Å². The topological polar surface area (TPSA) is 75.3 Å². The molecule has 5 nitrogen and oxygen atoms in total. The summed E-state index contributed by atoms with van der Waals surface area (Å²) < 4.78 is 25.4. The van der Waals surface area contributed by atoms with E-state index in [2.05, 4.69) is 22.2 Å². The zero-order chi connectivity index (χ0) is 20.9.